The fourth-order valence-electron chi connectivity index (χ4n) is 1.19. The molecule has 0 fully saturated rings. The Labute approximate surface area is 100 Å². The van der Waals surface area contributed by atoms with Gasteiger partial charge in [-0.2, -0.15) is 0 Å². The van der Waals surface area contributed by atoms with Gasteiger partial charge in [-0.25, -0.2) is 0 Å². The molecular weight excluding hydrogens is 252 g/mol. The minimum atomic E-state index is 0.813. The highest BCUT2D eigenvalue weighted by Crippen LogP contribution is 2.13. The van der Waals surface area contributed by atoms with Gasteiger partial charge in [0.2, 0.25) is 0 Å². The molecule has 0 radical (unpaired) electrons. The van der Waals surface area contributed by atoms with Crippen molar-refractivity contribution in [1.82, 2.24) is 0 Å². The molecule has 2 heteroatoms. The van der Waals surface area contributed by atoms with Crippen molar-refractivity contribution in [3.05, 3.63) is 35.9 Å². The number of allylic oxidation sites excluding steroid dienone is 1. The Bertz CT molecular complexity index is 290. The summed E-state index contributed by atoms with van der Waals surface area (Å²) in [5, 5.41) is 0.891. The van der Waals surface area contributed by atoms with Crippen molar-refractivity contribution in [2.75, 3.05) is 11.9 Å². The van der Waals surface area contributed by atoms with Crippen LogP contribution in [-0.4, -0.2) is 11.9 Å². The molecule has 0 amide bonds. The number of hydrogen-bond donors (Lipinski definition) is 0. The van der Waals surface area contributed by atoms with Crippen LogP contribution in [0.2, 0.25) is 0 Å². The minimum Gasteiger partial charge on any atom is -0.494 e. The molecule has 1 aromatic rings. The lowest BCUT2D eigenvalue weighted by Crippen LogP contribution is -1.95. The minimum absolute atomic E-state index is 0.813. The van der Waals surface area contributed by atoms with E-state index < -0.39 is 0 Å². The summed E-state index contributed by atoms with van der Waals surface area (Å²) in [7, 11) is 0. The summed E-state index contributed by atoms with van der Waals surface area (Å²) < 4.78 is 5.57. The van der Waals surface area contributed by atoms with E-state index in [-0.39, 0.29) is 0 Å². The molecule has 1 nitrogen and oxygen atoms in total. The van der Waals surface area contributed by atoms with Gasteiger partial charge in [-0.1, -0.05) is 53.6 Å². The summed E-state index contributed by atoms with van der Waals surface area (Å²) >= 11 is 3.35. The standard InChI is InChI=1S/C13H17BrO/c1-2-3-11-15-13-8-6-12(7-9-13)5-4-10-14/h4-9H,2-3,10-11H2,1H3. The molecule has 0 saturated heterocycles. The predicted octanol–water partition coefficient (Wildman–Crippen LogP) is 4.27. The third-order valence-electron chi connectivity index (χ3n) is 2.05. The monoisotopic (exact) mass is 268 g/mol. The summed E-state index contributed by atoms with van der Waals surface area (Å²) in [5.41, 5.74) is 1.21. The van der Waals surface area contributed by atoms with Gasteiger partial charge in [0, 0.05) is 5.33 Å². The van der Waals surface area contributed by atoms with E-state index in [1.807, 2.05) is 12.1 Å². The van der Waals surface area contributed by atoms with Crippen LogP contribution in [0.25, 0.3) is 6.08 Å². The van der Waals surface area contributed by atoms with Crippen LogP contribution >= 0.6 is 15.9 Å². The average molecular weight is 269 g/mol. The van der Waals surface area contributed by atoms with Crippen LogP contribution in [0.4, 0.5) is 0 Å². The zero-order chi connectivity index (χ0) is 10.9. The Morgan fingerprint density at radius 1 is 1.27 bits per heavy atom. The molecule has 82 valence electrons. The number of rotatable bonds is 6. The topological polar surface area (TPSA) is 9.23 Å². The van der Waals surface area contributed by atoms with Gasteiger partial charge in [-0.3, -0.25) is 0 Å². The molecular formula is C13H17BrO. The van der Waals surface area contributed by atoms with E-state index in [1.54, 1.807) is 0 Å². The Morgan fingerprint density at radius 2 is 2.00 bits per heavy atom. The normalized spacial score (nSPS) is 10.8. The highest BCUT2D eigenvalue weighted by atomic mass is 79.9. The van der Waals surface area contributed by atoms with Crippen LogP contribution in [0.1, 0.15) is 25.3 Å². The quantitative estimate of drug-likeness (QED) is 0.553. The molecule has 15 heavy (non-hydrogen) atoms. The number of hydrogen-bond acceptors (Lipinski definition) is 1. The van der Waals surface area contributed by atoms with E-state index in [1.165, 1.54) is 12.0 Å². The van der Waals surface area contributed by atoms with Crippen LogP contribution in [0.15, 0.2) is 30.3 Å². The largest absolute Gasteiger partial charge is 0.494 e. The van der Waals surface area contributed by atoms with Gasteiger partial charge in [-0.15, -0.1) is 0 Å². The van der Waals surface area contributed by atoms with Crippen LogP contribution in [-0.2, 0) is 0 Å². The molecule has 0 N–H and O–H groups in total. The lowest BCUT2D eigenvalue weighted by molar-refractivity contribution is 0.309. The predicted molar refractivity (Wildman–Crippen MR) is 69.7 cm³/mol. The summed E-state index contributed by atoms with van der Waals surface area (Å²) in [5.74, 6) is 0.958. The van der Waals surface area contributed by atoms with Gasteiger partial charge in [0.05, 0.1) is 6.61 Å². The Morgan fingerprint density at radius 3 is 2.60 bits per heavy atom. The van der Waals surface area contributed by atoms with Crippen LogP contribution < -0.4 is 4.74 Å². The van der Waals surface area contributed by atoms with Crippen molar-refractivity contribution in [2.24, 2.45) is 0 Å². The summed E-state index contributed by atoms with van der Waals surface area (Å²) in [6, 6.07) is 8.17. The Balaban J connectivity index is 2.45. The van der Waals surface area contributed by atoms with Gasteiger partial charge in [0.1, 0.15) is 5.75 Å². The summed E-state index contributed by atoms with van der Waals surface area (Å²) in [6.45, 7) is 2.98. The molecule has 0 heterocycles. The second-order valence-electron chi connectivity index (χ2n) is 3.33. The number of halogens is 1. The summed E-state index contributed by atoms with van der Waals surface area (Å²) in [6.07, 6.45) is 6.45. The van der Waals surface area contributed by atoms with E-state index in [2.05, 4.69) is 47.1 Å². The first-order chi connectivity index (χ1) is 7.36. The number of benzene rings is 1. The lowest BCUT2D eigenvalue weighted by atomic mass is 10.2. The maximum Gasteiger partial charge on any atom is 0.119 e. The van der Waals surface area contributed by atoms with Crippen molar-refractivity contribution in [3.63, 3.8) is 0 Å². The fraction of sp³-hybridized carbons (Fsp3) is 0.385. The van der Waals surface area contributed by atoms with E-state index >= 15 is 0 Å². The first-order valence-corrected chi connectivity index (χ1v) is 6.44. The molecule has 0 unspecified atom stereocenters. The van der Waals surface area contributed by atoms with Crippen molar-refractivity contribution in [2.45, 2.75) is 19.8 Å². The van der Waals surface area contributed by atoms with Crippen LogP contribution in [0, 0.1) is 0 Å². The van der Waals surface area contributed by atoms with Gasteiger partial charge in [0.25, 0.3) is 0 Å². The SMILES string of the molecule is CCCCOc1ccc(C=CCBr)cc1. The maximum atomic E-state index is 5.57. The molecule has 0 bridgehead atoms. The smallest absolute Gasteiger partial charge is 0.119 e. The highest BCUT2D eigenvalue weighted by Gasteiger charge is 1.92. The first kappa shape index (κ1) is 12.3. The van der Waals surface area contributed by atoms with E-state index in [0.29, 0.717) is 0 Å². The van der Waals surface area contributed by atoms with Crippen LogP contribution in [0.3, 0.4) is 0 Å². The molecule has 0 aromatic heterocycles. The number of ether oxygens (including phenoxy) is 1. The first-order valence-electron chi connectivity index (χ1n) is 5.32. The van der Waals surface area contributed by atoms with Gasteiger partial charge in [0.15, 0.2) is 0 Å². The molecule has 0 saturated carbocycles. The third kappa shape index (κ3) is 5.03. The molecule has 0 spiro atoms. The number of alkyl halides is 1. The van der Waals surface area contributed by atoms with Gasteiger partial charge >= 0.3 is 0 Å². The van der Waals surface area contributed by atoms with E-state index in [0.717, 1.165) is 24.1 Å². The molecule has 0 atom stereocenters. The summed E-state index contributed by atoms with van der Waals surface area (Å²) in [4.78, 5) is 0. The Kier molecular flexibility index (Phi) is 6.17. The van der Waals surface area contributed by atoms with Crippen molar-refractivity contribution in [1.29, 1.82) is 0 Å². The molecule has 0 aliphatic rings. The van der Waals surface area contributed by atoms with E-state index in [4.69, 9.17) is 4.74 Å². The highest BCUT2D eigenvalue weighted by molar-refractivity contribution is 9.09. The number of unbranched alkanes of at least 4 members (excludes halogenated alkanes) is 1. The van der Waals surface area contributed by atoms with E-state index in [9.17, 15) is 0 Å². The van der Waals surface area contributed by atoms with Gasteiger partial charge in [-0.05, 0) is 24.1 Å². The second-order valence-corrected chi connectivity index (χ2v) is 3.98. The molecule has 1 aromatic carbocycles. The van der Waals surface area contributed by atoms with Crippen LogP contribution in [0.5, 0.6) is 5.75 Å². The molecule has 0 aliphatic heterocycles. The zero-order valence-electron chi connectivity index (χ0n) is 9.08. The lowest BCUT2D eigenvalue weighted by Gasteiger charge is -2.04. The zero-order valence-corrected chi connectivity index (χ0v) is 10.7. The van der Waals surface area contributed by atoms with Gasteiger partial charge < -0.3 is 4.74 Å². The molecule has 1 rings (SSSR count). The molecule has 0 aliphatic carbocycles. The fourth-order valence-corrected chi connectivity index (χ4v) is 1.38. The maximum absolute atomic E-state index is 5.57. The van der Waals surface area contributed by atoms with Crippen molar-refractivity contribution in [3.8, 4) is 5.75 Å². The third-order valence-corrected chi connectivity index (χ3v) is 2.42. The van der Waals surface area contributed by atoms with Crippen molar-refractivity contribution < 1.29 is 4.74 Å². The average Bonchev–Trinajstić information content (AvgIpc) is 2.28. The van der Waals surface area contributed by atoms with Crippen molar-refractivity contribution >= 4 is 22.0 Å². The Hall–Kier alpha value is -0.760. The second kappa shape index (κ2) is 7.52.